The summed E-state index contributed by atoms with van der Waals surface area (Å²) in [5.41, 5.74) is 7.40. The maximum absolute atomic E-state index is 13.1. The lowest BCUT2D eigenvalue weighted by molar-refractivity contribution is -0.386. The summed E-state index contributed by atoms with van der Waals surface area (Å²) < 4.78 is 26.6. The number of carbonyl (C=O) groups is 1. The lowest BCUT2D eigenvalue weighted by Crippen LogP contribution is -2.50. The molecule has 1 fully saturated rings. The predicted octanol–water partition coefficient (Wildman–Crippen LogP) is 1.47. The standard InChI is InChI=1S/C20H22Cl2N6O3S/c1-12-15(10-23)18(14-4-3-13(21)9-16(14)22)28-11-17(25-20(28)24-12)19(29)26-5-7-27(8-6-26)32(2,30)31/h3-4,9,11H,5-8,10,23H2,1-2H3/p+1. The van der Waals surface area contributed by atoms with Crippen LogP contribution < -0.4 is 5.73 Å². The molecule has 0 aliphatic carbocycles. The zero-order valence-corrected chi connectivity index (χ0v) is 20.0. The second-order valence-corrected chi connectivity index (χ2v) is 10.5. The summed E-state index contributed by atoms with van der Waals surface area (Å²) >= 11 is 12.6. The fourth-order valence-corrected chi connectivity index (χ4v) is 5.23. The topological polar surface area (TPSA) is 116 Å². The molecule has 0 bridgehead atoms. The van der Waals surface area contributed by atoms with Crippen LogP contribution in [0.4, 0.5) is 0 Å². The van der Waals surface area contributed by atoms with Gasteiger partial charge in [0.15, 0.2) is 0 Å². The van der Waals surface area contributed by atoms with Crippen LogP contribution in [0.2, 0.25) is 10.0 Å². The Morgan fingerprint density at radius 3 is 2.44 bits per heavy atom. The van der Waals surface area contributed by atoms with Gasteiger partial charge >= 0.3 is 0 Å². The van der Waals surface area contributed by atoms with Crippen LogP contribution in [0.3, 0.4) is 0 Å². The van der Waals surface area contributed by atoms with Crippen molar-refractivity contribution in [2.24, 2.45) is 0 Å². The zero-order chi connectivity index (χ0) is 23.2. The minimum Gasteiger partial charge on any atom is -0.354 e. The highest BCUT2D eigenvalue weighted by Crippen LogP contribution is 2.34. The van der Waals surface area contributed by atoms with Crippen LogP contribution in [0.15, 0.2) is 24.4 Å². The van der Waals surface area contributed by atoms with E-state index in [0.717, 1.165) is 22.5 Å². The zero-order valence-electron chi connectivity index (χ0n) is 17.7. The van der Waals surface area contributed by atoms with Crippen molar-refractivity contribution >= 4 is 44.9 Å². The van der Waals surface area contributed by atoms with Crippen LogP contribution in [0.25, 0.3) is 17.0 Å². The van der Waals surface area contributed by atoms with Gasteiger partial charge in [0.25, 0.3) is 5.91 Å². The Hall–Kier alpha value is -2.24. The van der Waals surface area contributed by atoms with Crippen LogP contribution in [-0.4, -0.2) is 70.3 Å². The van der Waals surface area contributed by atoms with Crippen LogP contribution >= 0.6 is 23.2 Å². The van der Waals surface area contributed by atoms with Crippen LogP contribution in [0, 0.1) is 6.92 Å². The molecular weight excluding hydrogens is 475 g/mol. The molecule has 170 valence electrons. The van der Waals surface area contributed by atoms with Crippen molar-refractivity contribution in [2.45, 2.75) is 13.5 Å². The van der Waals surface area contributed by atoms with Gasteiger partial charge in [-0.15, -0.1) is 0 Å². The fourth-order valence-electron chi connectivity index (χ4n) is 3.91. The number of aryl methyl sites for hydroxylation is 1. The number of hydrogen-bond donors (Lipinski definition) is 1. The molecule has 1 aliphatic heterocycles. The number of imidazole rings is 1. The van der Waals surface area contributed by atoms with E-state index >= 15 is 0 Å². The van der Waals surface area contributed by atoms with E-state index in [0.29, 0.717) is 35.5 Å². The second kappa shape index (κ2) is 8.60. The third kappa shape index (κ3) is 4.20. The molecule has 1 aromatic carbocycles. The largest absolute Gasteiger partial charge is 0.354 e. The highest BCUT2D eigenvalue weighted by molar-refractivity contribution is 7.88. The molecule has 1 aliphatic rings. The quantitative estimate of drug-likeness (QED) is 0.585. The molecule has 0 saturated carbocycles. The summed E-state index contributed by atoms with van der Waals surface area (Å²) in [5.74, 6) is 0.101. The molecule has 3 N–H and O–H groups in total. The van der Waals surface area contributed by atoms with Crippen molar-refractivity contribution in [3.05, 3.63) is 51.4 Å². The number of benzene rings is 1. The molecule has 32 heavy (non-hydrogen) atoms. The maximum atomic E-state index is 13.1. The molecule has 12 heteroatoms. The average molecular weight is 498 g/mol. The molecule has 0 unspecified atom stereocenters. The fraction of sp³-hybridized carbons (Fsp3) is 0.350. The lowest BCUT2D eigenvalue weighted by atomic mass is 10.0. The molecule has 1 amide bonds. The van der Waals surface area contributed by atoms with Gasteiger partial charge in [0.1, 0.15) is 12.2 Å². The minimum atomic E-state index is -3.28. The Morgan fingerprint density at radius 2 is 1.84 bits per heavy atom. The lowest BCUT2D eigenvalue weighted by Gasteiger charge is -2.32. The maximum Gasteiger partial charge on any atom is 0.274 e. The molecule has 9 nitrogen and oxygen atoms in total. The molecule has 3 aromatic rings. The molecule has 2 aromatic heterocycles. The van der Waals surface area contributed by atoms with E-state index in [4.69, 9.17) is 23.2 Å². The summed E-state index contributed by atoms with van der Waals surface area (Å²) in [6.45, 7) is 3.45. The Kier molecular flexibility index (Phi) is 6.17. The van der Waals surface area contributed by atoms with Crippen molar-refractivity contribution in [1.82, 2.24) is 23.6 Å². The van der Waals surface area contributed by atoms with E-state index in [1.165, 1.54) is 10.6 Å². The van der Waals surface area contributed by atoms with E-state index in [2.05, 4.69) is 15.7 Å². The van der Waals surface area contributed by atoms with Gasteiger partial charge < -0.3 is 10.6 Å². The molecule has 4 rings (SSSR count). The number of hydrogen-bond acceptors (Lipinski definition) is 5. The molecular formula is C20H23Cl2N6O3S+. The Morgan fingerprint density at radius 1 is 1.16 bits per heavy atom. The van der Waals surface area contributed by atoms with Crippen molar-refractivity contribution in [2.75, 3.05) is 32.4 Å². The second-order valence-electron chi connectivity index (χ2n) is 7.65. The Labute approximate surface area is 195 Å². The summed E-state index contributed by atoms with van der Waals surface area (Å²) in [5, 5.41) is 0.990. The SMILES string of the molecule is Cc1nc2nc(C(=O)N3CCN(S(C)(=O)=O)CC3)cn2c(-c2ccc(Cl)cc2Cl)c1C[NH3+]. The first-order valence-electron chi connectivity index (χ1n) is 9.97. The number of aromatic nitrogens is 3. The number of amides is 1. The van der Waals surface area contributed by atoms with Gasteiger partial charge in [-0.05, 0) is 25.1 Å². The first-order chi connectivity index (χ1) is 15.1. The average Bonchev–Trinajstić information content (AvgIpc) is 3.15. The molecule has 1 saturated heterocycles. The summed E-state index contributed by atoms with van der Waals surface area (Å²) in [6, 6.07) is 5.24. The van der Waals surface area contributed by atoms with Gasteiger partial charge in [-0.3, -0.25) is 9.20 Å². The number of halogens is 2. The van der Waals surface area contributed by atoms with Crippen molar-refractivity contribution in [1.29, 1.82) is 0 Å². The van der Waals surface area contributed by atoms with Crippen LogP contribution in [-0.2, 0) is 16.6 Å². The summed E-state index contributed by atoms with van der Waals surface area (Å²) in [6.07, 6.45) is 2.82. The van der Waals surface area contributed by atoms with E-state index < -0.39 is 10.0 Å². The summed E-state index contributed by atoms with van der Waals surface area (Å²) in [7, 11) is -3.28. The number of nitrogens with zero attached hydrogens (tertiary/aromatic N) is 5. The number of piperazine rings is 1. The third-order valence-corrected chi connectivity index (χ3v) is 7.42. The van der Waals surface area contributed by atoms with E-state index in [1.54, 1.807) is 27.6 Å². The molecule has 0 atom stereocenters. The Bertz CT molecular complexity index is 1320. The number of quaternary nitrogens is 1. The van der Waals surface area contributed by atoms with Crippen molar-refractivity contribution in [3.8, 4) is 11.3 Å². The highest BCUT2D eigenvalue weighted by atomic mass is 35.5. The van der Waals surface area contributed by atoms with Gasteiger partial charge in [-0.25, -0.2) is 18.4 Å². The predicted molar refractivity (Wildman–Crippen MR) is 122 cm³/mol. The molecule has 0 radical (unpaired) electrons. The first-order valence-corrected chi connectivity index (χ1v) is 12.6. The number of sulfonamides is 1. The monoisotopic (exact) mass is 497 g/mol. The smallest absolute Gasteiger partial charge is 0.274 e. The molecule has 0 spiro atoms. The van der Waals surface area contributed by atoms with Gasteiger partial charge in [0, 0.05) is 43.0 Å². The van der Waals surface area contributed by atoms with Crippen molar-refractivity contribution < 1.29 is 18.9 Å². The molecule has 3 heterocycles. The summed E-state index contributed by atoms with van der Waals surface area (Å²) in [4.78, 5) is 23.7. The van der Waals surface area contributed by atoms with Crippen LogP contribution in [0.5, 0.6) is 0 Å². The normalized spacial score (nSPS) is 15.5. The van der Waals surface area contributed by atoms with Gasteiger partial charge in [-0.1, -0.05) is 23.2 Å². The van der Waals surface area contributed by atoms with Gasteiger partial charge in [-0.2, -0.15) is 4.31 Å². The highest BCUT2D eigenvalue weighted by Gasteiger charge is 2.28. The number of rotatable bonds is 4. The van der Waals surface area contributed by atoms with E-state index in [1.807, 2.05) is 13.0 Å². The van der Waals surface area contributed by atoms with Gasteiger partial charge in [0.2, 0.25) is 15.8 Å². The van der Waals surface area contributed by atoms with Crippen molar-refractivity contribution in [3.63, 3.8) is 0 Å². The Balaban J connectivity index is 1.75. The number of carbonyl (C=O) groups excluding carboxylic acids is 1. The first kappa shape index (κ1) is 22.9. The third-order valence-electron chi connectivity index (χ3n) is 5.57. The van der Waals surface area contributed by atoms with E-state index in [-0.39, 0.29) is 24.7 Å². The minimum absolute atomic E-state index is 0.234. The van der Waals surface area contributed by atoms with E-state index in [9.17, 15) is 13.2 Å². The number of fused-ring (bicyclic) bond motifs is 1. The van der Waals surface area contributed by atoms with Crippen LogP contribution in [0.1, 0.15) is 21.7 Å². The van der Waals surface area contributed by atoms with Gasteiger partial charge in [0.05, 0.1) is 28.2 Å².